The normalized spacial score (nSPS) is 16.3. The number of sulfonamides is 1. The van der Waals surface area contributed by atoms with Crippen molar-refractivity contribution in [3.63, 3.8) is 0 Å². The summed E-state index contributed by atoms with van der Waals surface area (Å²) in [7, 11) is -2.25. The topological polar surface area (TPSA) is 66.9 Å². The van der Waals surface area contributed by atoms with Crippen LogP contribution in [0, 0.1) is 0 Å². The first-order valence-corrected chi connectivity index (χ1v) is 9.60. The van der Waals surface area contributed by atoms with Gasteiger partial charge >= 0.3 is 0 Å². The molecular formula is C15H21ClN2O4S. The molecule has 0 aromatic heterocycles. The Balaban J connectivity index is 2.46. The van der Waals surface area contributed by atoms with Crippen LogP contribution < -0.4 is 9.04 Å². The van der Waals surface area contributed by atoms with E-state index in [1.165, 1.54) is 13.2 Å². The number of carbonyl (C=O) groups is 1. The molecule has 1 aromatic rings. The highest BCUT2D eigenvalue weighted by Gasteiger charge is 2.34. The van der Waals surface area contributed by atoms with Crippen LogP contribution in [0.4, 0.5) is 5.69 Å². The fraction of sp³-hybridized carbons (Fsp3) is 0.533. The smallest absolute Gasteiger partial charge is 0.246 e. The van der Waals surface area contributed by atoms with Crippen molar-refractivity contribution in [3.8, 4) is 5.75 Å². The number of amides is 1. The molecular weight excluding hydrogens is 340 g/mol. The van der Waals surface area contributed by atoms with Gasteiger partial charge in [0, 0.05) is 18.1 Å². The molecule has 1 saturated heterocycles. The van der Waals surface area contributed by atoms with Crippen LogP contribution in [0.5, 0.6) is 5.75 Å². The number of carbonyl (C=O) groups excluding carboxylic acids is 1. The zero-order chi connectivity index (χ0) is 17.2. The van der Waals surface area contributed by atoms with Crippen molar-refractivity contribution in [1.82, 2.24) is 4.90 Å². The molecule has 0 radical (unpaired) electrons. The van der Waals surface area contributed by atoms with E-state index in [0.717, 1.165) is 23.4 Å². The van der Waals surface area contributed by atoms with Crippen LogP contribution in [0.3, 0.4) is 0 Å². The number of ether oxygens (including phenoxy) is 1. The lowest BCUT2D eigenvalue weighted by Crippen LogP contribution is -2.48. The maximum absolute atomic E-state index is 12.6. The zero-order valence-corrected chi connectivity index (χ0v) is 15.0. The standard InChI is InChI=1S/C15H21ClN2O4S/c1-11(15(19)17-8-4-5-9-17)18(23(3,20)21)13-10-12(16)6-7-14(13)22-2/h6-7,10-11H,4-5,8-9H2,1-3H3. The number of hydrogen-bond donors (Lipinski definition) is 0. The van der Waals surface area contributed by atoms with E-state index in [1.54, 1.807) is 24.0 Å². The number of rotatable bonds is 5. The molecule has 1 aromatic carbocycles. The summed E-state index contributed by atoms with van der Waals surface area (Å²) < 4.78 is 31.0. The van der Waals surface area contributed by atoms with Crippen molar-refractivity contribution in [2.75, 3.05) is 30.8 Å². The number of halogens is 1. The fourth-order valence-corrected chi connectivity index (χ4v) is 4.14. The molecule has 1 atom stereocenters. The molecule has 23 heavy (non-hydrogen) atoms. The Morgan fingerprint density at radius 2 is 1.96 bits per heavy atom. The van der Waals surface area contributed by atoms with E-state index in [-0.39, 0.29) is 11.6 Å². The monoisotopic (exact) mass is 360 g/mol. The summed E-state index contributed by atoms with van der Waals surface area (Å²) >= 11 is 6.01. The first-order chi connectivity index (χ1) is 10.8. The van der Waals surface area contributed by atoms with Gasteiger partial charge in [0.15, 0.2) is 0 Å². The van der Waals surface area contributed by atoms with Gasteiger partial charge in [-0.3, -0.25) is 9.10 Å². The molecule has 6 nitrogen and oxygen atoms in total. The third-order valence-electron chi connectivity index (χ3n) is 3.86. The van der Waals surface area contributed by atoms with Crippen LogP contribution in [-0.4, -0.2) is 51.7 Å². The van der Waals surface area contributed by atoms with Crippen molar-refractivity contribution in [1.29, 1.82) is 0 Å². The average Bonchev–Trinajstić information content (AvgIpc) is 2.99. The second-order valence-electron chi connectivity index (χ2n) is 5.58. The lowest BCUT2D eigenvalue weighted by Gasteiger charge is -2.31. The summed E-state index contributed by atoms with van der Waals surface area (Å²) in [6.07, 6.45) is 2.96. The van der Waals surface area contributed by atoms with Crippen LogP contribution >= 0.6 is 11.6 Å². The highest BCUT2D eigenvalue weighted by atomic mass is 35.5. The molecule has 2 rings (SSSR count). The van der Waals surface area contributed by atoms with Crippen LogP contribution in [0.25, 0.3) is 0 Å². The molecule has 1 fully saturated rings. The van der Waals surface area contributed by atoms with Crippen LogP contribution in [0.1, 0.15) is 19.8 Å². The second kappa shape index (κ2) is 6.97. The summed E-state index contributed by atoms with van der Waals surface area (Å²) in [4.78, 5) is 14.3. The maximum Gasteiger partial charge on any atom is 0.246 e. The largest absolute Gasteiger partial charge is 0.495 e. The predicted molar refractivity (Wildman–Crippen MR) is 90.6 cm³/mol. The number of methoxy groups -OCH3 is 1. The molecule has 1 unspecified atom stereocenters. The van der Waals surface area contributed by atoms with Crippen molar-refractivity contribution in [2.45, 2.75) is 25.8 Å². The van der Waals surface area contributed by atoms with Gasteiger partial charge in [-0.05, 0) is 38.0 Å². The van der Waals surface area contributed by atoms with Gasteiger partial charge in [-0.25, -0.2) is 8.42 Å². The summed E-state index contributed by atoms with van der Waals surface area (Å²) in [5.74, 6) is 0.135. The molecule has 1 heterocycles. The highest BCUT2D eigenvalue weighted by Crippen LogP contribution is 2.34. The first kappa shape index (κ1) is 17.9. The average molecular weight is 361 g/mol. The Bertz CT molecular complexity index is 687. The molecule has 8 heteroatoms. The Morgan fingerprint density at radius 3 is 2.48 bits per heavy atom. The van der Waals surface area contributed by atoms with Crippen molar-refractivity contribution in [3.05, 3.63) is 23.2 Å². The fourth-order valence-electron chi connectivity index (χ4n) is 2.81. The molecule has 0 N–H and O–H groups in total. The lowest BCUT2D eigenvalue weighted by molar-refractivity contribution is -0.130. The van der Waals surface area contributed by atoms with Gasteiger partial charge in [0.05, 0.1) is 19.1 Å². The van der Waals surface area contributed by atoms with E-state index in [9.17, 15) is 13.2 Å². The Hall–Kier alpha value is -1.47. The summed E-state index contributed by atoms with van der Waals surface area (Å²) in [5, 5.41) is 0.371. The van der Waals surface area contributed by atoms with Crippen molar-refractivity contribution >= 4 is 33.2 Å². The van der Waals surface area contributed by atoms with E-state index < -0.39 is 16.1 Å². The molecule has 1 aliphatic rings. The molecule has 0 bridgehead atoms. The van der Waals surface area contributed by atoms with Crippen molar-refractivity contribution < 1.29 is 17.9 Å². The third-order valence-corrected chi connectivity index (χ3v) is 5.33. The van der Waals surface area contributed by atoms with Crippen LogP contribution in [0.15, 0.2) is 18.2 Å². The third kappa shape index (κ3) is 3.90. The second-order valence-corrected chi connectivity index (χ2v) is 7.88. The molecule has 0 saturated carbocycles. The molecule has 1 aliphatic heterocycles. The number of benzene rings is 1. The van der Waals surface area contributed by atoms with E-state index in [1.807, 2.05) is 0 Å². The lowest BCUT2D eigenvalue weighted by atomic mass is 10.2. The summed E-state index contributed by atoms with van der Waals surface area (Å²) in [6.45, 7) is 2.91. The van der Waals surface area contributed by atoms with Gasteiger partial charge in [-0.1, -0.05) is 11.6 Å². The number of hydrogen-bond acceptors (Lipinski definition) is 4. The Morgan fingerprint density at radius 1 is 1.35 bits per heavy atom. The van der Waals surface area contributed by atoms with Gasteiger partial charge in [0.25, 0.3) is 0 Å². The van der Waals surface area contributed by atoms with Crippen LogP contribution in [-0.2, 0) is 14.8 Å². The minimum Gasteiger partial charge on any atom is -0.495 e. The van der Waals surface area contributed by atoms with Gasteiger partial charge < -0.3 is 9.64 Å². The summed E-state index contributed by atoms with van der Waals surface area (Å²) in [6, 6.07) is 3.82. The van der Waals surface area contributed by atoms with Gasteiger partial charge in [0.2, 0.25) is 15.9 Å². The molecule has 128 valence electrons. The Labute approximate surface area is 142 Å². The molecule has 1 amide bonds. The van der Waals surface area contributed by atoms with E-state index >= 15 is 0 Å². The van der Waals surface area contributed by atoms with Crippen molar-refractivity contribution in [2.24, 2.45) is 0 Å². The number of likely N-dealkylation sites (tertiary alicyclic amines) is 1. The molecule has 0 spiro atoms. The quantitative estimate of drug-likeness (QED) is 0.806. The van der Waals surface area contributed by atoms with E-state index in [0.29, 0.717) is 23.9 Å². The SMILES string of the molecule is COc1ccc(Cl)cc1N(C(C)C(=O)N1CCCC1)S(C)(=O)=O. The predicted octanol–water partition coefficient (Wildman–Crippen LogP) is 2.13. The maximum atomic E-state index is 12.6. The number of nitrogens with zero attached hydrogens (tertiary/aromatic N) is 2. The van der Waals surface area contributed by atoms with E-state index in [2.05, 4.69) is 0 Å². The van der Waals surface area contributed by atoms with Gasteiger partial charge in [-0.15, -0.1) is 0 Å². The van der Waals surface area contributed by atoms with Gasteiger partial charge in [-0.2, -0.15) is 0 Å². The van der Waals surface area contributed by atoms with Crippen LogP contribution in [0.2, 0.25) is 5.02 Å². The first-order valence-electron chi connectivity index (χ1n) is 7.37. The highest BCUT2D eigenvalue weighted by molar-refractivity contribution is 7.92. The number of anilines is 1. The zero-order valence-electron chi connectivity index (χ0n) is 13.5. The van der Waals surface area contributed by atoms with Gasteiger partial charge in [0.1, 0.15) is 11.8 Å². The minimum absolute atomic E-state index is 0.213. The minimum atomic E-state index is -3.69. The summed E-state index contributed by atoms with van der Waals surface area (Å²) in [5.41, 5.74) is 0.266. The molecule has 0 aliphatic carbocycles. The Kier molecular flexibility index (Phi) is 5.41. The van der Waals surface area contributed by atoms with E-state index in [4.69, 9.17) is 16.3 Å².